The number of nitrogens with zero attached hydrogens (tertiary/aromatic N) is 1. The van der Waals surface area contributed by atoms with E-state index in [4.69, 9.17) is 9.47 Å². The number of carbonyl (C=O) groups excluding carboxylic acids is 1. The van der Waals surface area contributed by atoms with Crippen molar-refractivity contribution in [3.8, 4) is 11.5 Å². The molecule has 0 saturated heterocycles. The van der Waals surface area contributed by atoms with Gasteiger partial charge in [0.05, 0.1) is 19.1 Å². The number of carbonyl (C=O) groups is 1. The van der Waals surface area contributed by atoms with Gasteiger partial charge in [-0.1, -0.05) is 12.1 Å². The van der Waals surface area contributed by atoms with Gasteiger partial charge in [0.2, 0.25) is 0 Å². The molecule has 0 radical (unpaired) electrons. The number of ketones is 1. The average molecular weight is 339 g/mol. The molecule has 0 amide bonds. The summed E-state index contributed by atoms with van der Waals surface area (Å²) in [5, 5.41) is 10.9. The number of hydrogen-bond acceptors (Lipinski definition) is 5. The second-order valence-electron chi connectivity index (χ2n) is 5.72. The standard InChI is InChI=1S/C19H17NO5/c1-24-17-10-13-6-7-14(19(21)16(13)11-18(17)25-2)8-12-4-3-5-15(9-12)20(22)23/h3-5,8-11H,6-7H2,1-2H3/b14-8+. The van der Waals surface area contributed by atoms with Crippen LogP contribution in [0.3, 0.4) is 0 Å². The highest BCUT2D eigenvalue weighted by Gasteiger charge is 2.24. The van der Waals surface area contributed by atoms with Gasteiger partial charge in [0.1, 0.15) is 0 Å². The summed E-state index contributed by atoms with van der Waals surface area (Å²) in [5.41, 5.74) is 2.77. The number of benzene rings is 2. The van der Waals surface area contributed by atoms with E-state index in [0.29, 0.717) is 41.0 Å². The summed E-state index contributed by atoms with van der Waals surface area (Å²) >= 11 is 0. The quantitative estimate of drug-likeness (QED) is 0.480. The van der Waals surface area contributed by atoms with Crippen molar-refractivity contribution >= 4 is 17.5 Å². The maximum atomic E-state index is 12.8. The summed E-state index contributed by atoms with van der Waals surface area (Å²) in [6.45, 7) is 0. The molecule has 25 heavy (non-hydrogen) atoms. The molecule has 0 unspecified atom stereocenters. The number of allylic oxidation sites excluding steroid dienone is 1. The monoisotopic (exact) mass is 339 g/mol. The molecule has 1 aliphatic carbocycles. The molecule has 0 bridgehead atoms. The van der Waals surface area contributed by atoms with Gasteiger partial charge in [-0.05, 0) is 42.2 Å². The third kappa shape index (κ3) is 3.24. The third-order valence-corrected chi connectivity index (χ3v) is 4.23. The van der Waals surface area contributed by atoms with Crippen molar-refractivity contribution in [3.05, 3.63) is 68.8 Å². The first-order valence-electron chi connectivity index (χ1n) is 7.78. The summed E-state index contributed by atoms with van der Waals surface area (Å²) in [7, 11) is 3.08. The van der Waals surface area contributed by atoms with E-state index in [1.165, 1.54) is 19.2 Å². The fourth-order valence-corrected chi connectivity index (χ4v) is 2.96. The van der Waals surface area contributed by atoms with Crippen LogP contribution in [0.25, 0.3) is 6.08 Å². The van der Waals surface area contributed by atoms with Crippen LogP contribution >= 0.6 is 0 Å². The Hall–Kier alpha value is -3.15. The Bertz CT molecular complexity index is 885. The maximum absolute atomic E-state index is 12.8. The third-order valence-electron chi connectivity index (χ3n) is 4.23. The first-order valence-corrected chi connectivity index (χ1v) is 7.78. The summed E-state index contributed by atoms with van der Waals surface area (Å²) in [5.74, 6) is 1.01. The molecule has 6 heteroatoms. The van der Waals surface area contributed by atoms with E-state index in [-0.39, 0.29) is 11.5 Å². The average Bonchev–Trinajstić information content (AvgIpc) is 2.63. The van der Waals surface area contributed by atoms with Crippen molar-refractivity contribution < 1.29 is 19.2 Å². The van der Waals surface area contributed by atoms with Crippen LogP contribution < -0.4 is 9.47 Å². The lowest BCUT2D eigenvalue weighted by atomic mass is 9.85. The minimum absolute atomic E-state index is 0.00409. The van der Waals surface area contributed by atoms with Crippen molar-refractivity contribution in [3.63, 3.8) is 0 Å². The van der Waals surface area contributed by atoms with Gasteiger partial charge in [-0.25, -0.2) is 0 Å². The molecule has 128 valence electrons. The Kier molecular flexibility index (Phi) is 4.52. The molecule has 2 aromatic carbocycles. The van der Waals surface area contributed by atoms with Crippen molar-refractivity contribution in [2.75, 3.05) is 14.2 Å². The molecule has 2 aromatic rings. The highest BCUT2D eigenvalue weighted by Crippen LogP contribution is 2.36. The topological polar surface area (TPSA) is 78.7 Å². The number of nitro groups is 1. The molecule has 0 N–H and O–H groups in total. The number of non-ortho nitro benzene ring substituents is 1. The van der Waals surface area contributed by atoms with Crippen LogP contribution in [-0.2, 0) is 6.42 Å². The number of nitro benzene ring substituents is 1. The van der Waals surface area contributed by atoms with Crippen molar-refractivity contribution in [1.82, 2.24) is 0 Å². The van der Waals surface area contributed by atoms with Crippen LogP contribution in [0.4, 0.5) is 5.69 Å². The summed E-state index contributed by atoms with van der Waals surface area (Å²) in [6, 6.07) is 9.77. The molecule has 0 aromatic heterocycles. The second-order valence-corrected chi connectivity index (χ2v) is 5.72. The fraction of sp³-hybridized carbons (Fsp3) is 0.211. The summed E-state index contributed by atoms with van der Waals surface area (Å²) < 4.78 is 10.6. The lowest BCUT2D eigenvalue weighted by Gasteiger charge is -2.20. The largest absolute Gasteiger partial charge is 0.493 e. The van der Waals surface area contributed by atoms with E-state index in [1.807, 2.05) is 6.07 Å². The predicted molar refractivity (Wildman–Crippen MR) is 93.3 cm³/mol. The Morgan fingerprint density at radius 1 is 1.08 bits per heavy atom. The number of aryl methyl sites for hydroxylation is 1. The normalized spacial score (nSPS) is 15.0. The van der Waals surface area contributed by atoms with Gasteiger partial charge in [-0.2, -0.15) is 0 Å². The molecule has 0 saturated carbocycles. The second kappa shape index (κ2) is 6.76. The predicted octanol–water partition coefficient (Wildman–Crippen LogP) is 3.82. The fourth-order valence-electron chi connectivity index (χ4n) is 2.96. The molecular formula is C19H17NO5. The Morgan fingerprint density at radius 2 is 1.80 bits per heavy atom. The number of rotatable bonds is 4. The van der Waals surface area contributed by atoms with E-state index in [2.05, 4.69) is 0 Å². The van der Waals surface area contributed by atoms with Crippen molar-refractivity contribution in [1.29, 1.82) is 0 Å². The molecule has 3 rings (SSSR count). The zero-order valence-electron chi connectivity index (χ0n) is 13.9. The Balaban J connectivity index is 1.99. The van der Waals surface area contributed by atoms with Gasteiger partial charge in [-0.3, -0.25) is 14.9 Å². The molecule has 0 atom stereocenters. The number of methoxy groups -OCH3 is 2. The first kappa shape index (κ1) is 16.7. The zero-order chi connectivity index (χ0) is 18.0. The van der Waals surface area contributed by atoms with E-state index in [1.54, 1.807) is 31.4 Å². The smallest absolute Gasteiger partial charge is 0.270 e. The van der Waals surface area contributed by atoms with Gasteiger partial charge in [0.15, 0.2) is 17.3 Å². The van der Waals surface area contributed by atoms with Crippen molar-refractivity contribution in [2.24, 2.45) is 0 Å². The number of fused-ring (bicyclic) bond motifs is 1. The molecule has 0 fully saturated rings. The highest BCUT2D eigenvalue weighted by molar-refractivity contribution is 6.13. The Morgan fingerprint density at radius 3 is 2.48 bits per heavy atom. The molecule has 6 nitrogen and oxygen atoms in total. The van der Waals surface area contributed by atoms with Crippen LogP contribution in [0.1, 0.15) is 27.9 Å². The summed E-state index contributed by atoms with van der Waals surface area (Å²) in [4.78, 5) is 23.3. The van der Waals surface area contributed by atoms with E-state index < -0.39 is 4.92 Å². The molecule has 1 aliphatic rings. The van der Waals surface area contributed by atoms with E-state index >= 15 is 0 Å². The van der Waals surface area contributed by atoms with Gasteiger partial charge < -0.3 is 9.47 Å². The molecule has 0 heterocycles. The van der Waals surface area contributed by atoms with Crippen LogP contribution in [-0.4, -0.2) is 24.9 Å². The first-order chi connectivity index (χ1) is 12.0. The van der Waals surface area contributed by atoms with Gasteiger partial charge in [0, 0.05) is 23.3 Å². The van der Waals surface area contributed by atoms with E-state index in [9.17, 15) is 14.9 Å². The maximum Gasteiger partial charge on any atom is 0.270 e. The highest BCUT2D eigenvalue weighted by atomic mass is 16.6. The minimum Gasteiger partial charge on any atom is -0.493 e. The SMILES string of the molecule is COc1cc2c(cc1OC)C(=O)/C(=C/c1cccc([N+](=O)[O-])c1)CC2. The van der Waals surface area contributed by atoms with Crippen LogP contribution in [0, 0.1) is 10.1 Å². The zero-order valence-corrected chi connectivity index (χ0v) is 13.9. The lowest BCUT2D eigenvalue weighted by molar-refractivity contribution is -0.384. The number of Topliss-reactive ketones (excluding diaryl/α,β-unsaturated/α-hetero) is 1. The van der Waals surface area contributed by atoms with Crippen LogP contribution in [0.2, 0.25) is 0 Å². The van der Waals surface area contributed by atoms with Gasteiger partial charge >= 0.3 is 0 Å². The molecule has 0 aliphatic heterocycles. The van der Waals surface area contributed by atoms with Crippen LogP contribution in [0.15, 0.2) is 42.0 Å². The molecule has 0 spiro atoms. The Labute approximate surface area is 144 Å². The minimum atomic E-state index is -0.447. The van der Waals surface area contributed by atoms with E-state index in [0.717, 1.165) is 5.56 Å². The van der Waals surface area contributed by atoms with Gasteiger partial charge in [-0.15, -0.1) is 0 Å². The summed E-state index contributed by atoms with van der Waals surface area (Å²) in [6.07, 6.45) is 2.99. The number of hydrogen-bond donors (Lipinski definition) is 0. The van der Waals surface area contributed by atoms with Crippen LogP contribution in [0.5, 0.6) is 11.5 Å². The lowest BCUT2D eigenvalue weighted by Crippen LogP contribution is -2.14. The van der Waals surface area contributed by atoms with Crippen molar-refractivity contribution in [2.45, 2.75) is 12.8 Å². The van der Waals surface area contributed by atoms with Gasteiger partial charge in [0.25, 0.3) is 5.69 Å². The number of ether oxygens (including phenoxy) is 2. The molecular weight excluding hydrogens is 322 g/mol.